The van der Waals surface area contributed by atoms with Gasteiger partial charge in [0.2, 0.25) is 0 Å². The van der Waals surface area contributed by atoms with Crippen molar-refractivity contribution in [2.24, 2.45) is 0 Å². The van der Waals surface area contributed by atoms with Crippen LogP contribution in [0.3, 0.4) is 0 Å². The summed E-state index contributed by atoms with van der Waals surface area (Å²) in [7, 11) is 0. The van der Waals surface area contributed by atoms with Crippen LogP contribution in [0.15, 0.2) is 29.1 Å². The summed E-state index contributed by atoms with van der Waals surface area (Å²) in [6.45, 7) is 0.930. The Kier molecular flexibility index (Phi) is 3.60. The van der Waals surface area contributed by atoms with E-state index in [1.54, 1.807) is 0 Å². The molecule has 1 aromatic heterocycles. The lowest BCUT2D eigenvalue weighted by Crippen LogP contribution is -2.26. The molecule has 0 aliphatic heterocycles. The largest absolute Gasteiger partial charge is 0.480 e. The fourth-order valence-corrected chi connectivity index (χ4v) is 1.80. The Morgan fingerprint density at radius 2 is 1.85 bits per heavy atom. The van der Waals surface area contributed by atoms with E-state index in [1.165, 1.54) is 6.92 Å². The Morgan fingerprint density at radius 3 is 2.35 bits per heavy atom. The van der Waals surface area contributed by atoms with Crippen LogP contribution < -0.4 is 5.56 Å². The third kappa shape index (κ3) is 2.87. The fourth-order valence-electron chi connectivity index (χ4n) is 1.80. The molecule has 0 aliphatic carbocycles. The highest BCUT2D eigenvalue weighted by Gasteiger charge is 2.11. The minimum absolute atomic E-state index is 0.0903. The molecule has 2 rings (SSSR count). The maximum absolute atomic E-state index is 13.1. The fraction of sp³-hybridized carbons (Fsp3) is 0.154. The van der Waals surface area contributed by atoms with Crippen molar-refractivity contribution in [2.45, 2.75) is 13.5 Å². The number of carboxylic acids is 1. The van der Waals surface area contributed by atoms with Crippen LogP contribution in [0.4, 0.5) is 8.78 Å². The molecule has 0 saturated heterocycles. The van der Waals surface area contributed by atoms with E-state index in [9.17, 15) is 18.4 Å². The van der Waals surface area contributed by atoms with Gasteiger partial charge in [-0.25, -0.2) is 13.8 Å². The molecular weight excluding hydrogens is 270 g/mol. The molecule has 7 heteroatoms. The van der Waals surface area contributed by atoms with Crippen molar-refractivity contribution in [3.05, 3.63) is 52.1 Å². The van der Waals surface area contributed by atoms with Gasteiger partial charge >= 0.3 is 5.97 Å². The molecule has 20 heavy (non-hydrogen) atoms. The third-order valence-corrected chi connectivity index (χ3v) is 2.65. The number of nitrogens with zero attached hydrogens (tertiary/aromatic N) is 2. The zero-order valence-electron chi connectivity index (χ0n) is 10.4. The zero-order chi connectivity index (χ0) is 14.9. The first-order valence-corrected chi connectivity index (χ1v) is 5.63. The first-order chi connectivity index (χ1) is 9.36. The maximum atomic E-state index is 13.1. The number of carbonyl (C=O) groups is 1. The predicted molar refractivity (Wildman–Crippen MR) is 66.2 cm³/mol. The van der Waals surface area contributed by atoms with Gasteiger partial charge in [0, 0.05) is 17.7 Å². The van der Waals surface area contributed by atoms with Gasteiger partial charge in [-0.3, -0.25) is 14.2 Å². The predicted octanol–water partition coefficient (Wildman–Crippen LogP) is 1.58. The van der Waals surface area contributed by atoms with Crippen molar-refractivity contribution in [2.75, 3.05) is 0 Å². The van der Waals surface area contributed by atoms with Crippen LogP contribution in [0.1, 0.15) is 5.82 Å². The van der Waals surface area contributed by atoms with E-state index in [0.717, 1.165) is 22.8 Å². The van der Waals surface area contributed by atoms with Gasteiger partial charge in [-0.1, -0.05) is 0 Å². The summed E-state index contributed by atoms with van der Waals surface area (Å²) in [5, 5.41) is 8.69. The van der Waals surface area contributed by atoms with Gasteiger partial charge in [-0.05, 0) is 19.1 Å². The average molecular weight is 280 g/mol. The zero-order valence-corrected chi connectivity index (χ0v) is 10.4. The van der Waals surface area contributed by atoms with E-state index in [2.05, 4.69) is 4.98 Å². The van der Waals surface area contributed by atoms with Crippen LogP contribution >= 0.6 is 0 Å². The summed E-state index contributed by atoms with van der Waals surface area (Å²) in [6, 6.07) is 3.85. The molecule has 0 radical (unpaired) electrons. The highest BCUT2D eigenvalue weighted by Crippen LogP contribution is 2.18. The summed E-state index contributed by atoms with van der Waals surface area (Å²) in [5.74, 6) is -2.59. The normalized spacial score (nSPS) is 10.6. The Bertz CT molecular complexity index is 721. The number of carboxylic acid groups (broad SMARTS) is 1. The van der Waals surface area contributed by atoms with E-state index >= 15 is 0 Å². The maximum Gasteiger partial charge on any atom is 0.323 e. The van der Waals surface area contributed by atoms with E-state index < -0.39 is 29.7 Å². The summed E-state index contributed by atoms with van der Waals surface area (Å²) in [6.07, 6.45) is 0. The number of halogens is 2. The molecule has 0 spiro atoms. The lowest BCUT2D eigenvalue weighted by atomic mass is 10.1. The second-order valence-electron chi connectivity index (χ2n) is 4.16. The molecule has 0 fully saturated rings. The molecule has 2 aromatic rings. The number of aliphatic carboxylic acids is 1. The third-order valence-electron chi connectivity index (χ3n) is 2.65. The highest BCUT2D eigenvalue weighted by atomic mass is 19.1. The van der Waals surface area contributed by atoms with Gasteiger partial charge in [-0.15, -0.1) is 0 Å². The van der Waals surface area contributed by atoms with Crippen LogP contribution in [0, 0.1) is 18.6 Å². The lowest BCUT2D eigenvalue weighted by molar-refractivity contribution is -0.137. The Morgan fingerprint density at radius 1 is 1.25 bits per heavy atom. The van der Waals surface area contributed by atoms with Gasteiger partial charge in [0.15, 0.2) is 0 Å². The Labute approximate surface area is 112 Å². The molecule has 1 aromatic carbocycles. The van der Waals surface area contributed by atoms with E-state index in [-0.39, 0.29) is 17.1 Å². The van der Waals surface area contributed by atoms with Gasteiger partial charge in [0.1, 0.15) is 24.0 Å². The van der Waals surface area contributed by atoms with Crippen LogP contribution in [0.25, 0.3) is 11.3 Å². The van der Waals surface area contributed by atoms with E-state index in [1.807, 2.05) is 0 Å². The molecule has 0 bridgehead atoms. The standard InChI is InChI=1S/C13H10F2N2O3/c1-7-16-11(5-12(18)17(7)6-13(19)20)8-2-9(14)4-10(15)3-8/h2-5H,6H2,1H3,(H,19,20). The van der Waals surface area contributed by atoms with Crippen molar-refractivity contribution < 1.29 is 18.7 Å². The van der Waals surface area contributed by atoms with Gasteiger partial charge in [0.25, 0.3) is 5.56 Å². The summed E-state index contributed by atoms with van der Waals surface area (Å²) in [5.41, 5.74) is -0.391. The van der Waals surface area contributed by atoms with E-state index in [4.69, 9.17) is 5.11 Å². The van der Waals surface area contributed by atoms with Gasteiger partial charge in [0.05, 0.1) is 5.69 Å². The van der Waals surface area contributed by atoms with Crippen molar-refractivity contribution in [1.82, 2.24) is 9.55 Å². The first kappa shape index (κ1) is 13.9. The number of hydrogen-bond acceptors (Lipinski definition) is 3. The molecule has 1 N–H and O–H groups in total. The Hall–Kier alpha value is -2.57. The van der Waals surface area contributed by atoms with Crippen molar-refractivity contribution in [3.63, 3.8) is 0 Å². The molecule has 0 unspecified atom stereocenters. The SMILES string of the molecule is Cc1nc(-c2cc(F)cc(F)c2)cc(=O)n1CC(=O)O. The summed E-state index contributed by atoms with van der Waals surface area (Å²) in [4.78, 5) is 26.4. The second-order valence-corrected chi connectivity index (χ2v) is 4.16. The van der Waals surface area contributed by atoms with Crippen molar-refractivity contribution >= 4 is 5.97 Å². The quantitative estimate of drug-likeness (QED) is 0.926. The van der Waals surface area contributed by atoms with Crippen LogP contribution in [-0.4, -0.2) is 20.6 Å². The summed E-state index contributed by atoms with van der Waals surface area (Å²) >= 11 is 0. The minimum atomic E-state index is -1.18. The van der Waals surface area contributed by atoms with Crippen LogP contribution in [0.5, 0.6) is 0 Å². The number of rotatable bonds is 3. The molecule has 104 valence electrons. The molecule has 5 nitrogen and oxygen atoms in total. The topological polar surface area (TPSA) is 72.2 Å². The number of aryl methyl sites for hydroxylation is 1. The van der Waals surface area contributed by atoms with E-state index in [0.29, 0.717) is 6.07 Å². The van der Waals surface area contributed by atoms with Crippen LogP contribution in [-0.2, 0) is 11.3 Å². The molecular formula is C13H10F2N2O3. The first-order valence-electron chi connectivity index (χ1n) is 5.63. The minimum Gasteiger partial charge on any atom is -0.480 e. The molecule has 0 saturated carbocycles. The molecule has 0 amide bonds. The Balaban J connectivity index is 2.54. The number of aromatic nitrogens is 2. The van der Waals surface area contributed by atoms with Crippen molar-refractivity contribution in [3.8, 4) is 11.3 Å². The van der Waals surface area contributed by atoms with Crippen molar-refractivity contribution in [1.29, 1.82) is 0 Å². The molecule has 0 aliphatic rings. The van der Waals surface area contributed by atoms with Gasteiger partial charge < -0.3 is 5.11 Å². The lowest BCUT2D eigenvalue weighted by Gasteiger charge is -2.08. The second kappa shape index (κ2) is 5.20. The smallest absolute Gasteiger partial charge is 0.323 e. The highest BCUT2D eigenvalue weighted by molar-refractivity contribution is 5.66. The molecule has 0 atom stereocenters. The van der Waals surface area contributed by atoms with Crippen LogP contribution in [0.2, 0.25) is 0 Å². The number of hydrogen-bond donors (Lipinski definition) is 1. The van der Waals surface area contributed by atoms with Gasteiger partial charge in [-0.2, -0.15) is 0 Å². The molecule has 1 heterocycles. The monoisotopic (exact) mass is 280 g/mol. The average Bonchev–Trinajstić information content (AvgIpc) is 2.32. The summed E-state index contributed by atoms with van der Waals surface area (Å²) < 4.78 is 27.2. The number of benzene rings is 1.